The Hall–Kier alpha value is -0.660. The number of hydrogen-bond acceptors (Lipinski definition) is 5. The zero-order chi connectivity index (χ0) is 12.5. The lowest BCUT2D eigenvalue weighted by Gasteiger charge is -2.33. The molecule has 7 heteroatoms. The summed E-state index contributed by atoms with van der Waals surface area (Å²) in [5.74, 6) is 0.184. The van der Waals surface area contributed by atoms with Gasteiger partial charge in [-0.05, 0) is 13.8 Å². The number of hydrogen-bond donors (Lipinski definition) is 0. The van der Waals surface area contributed by atoms with Gasteiger partial charge in [-0.15, -0.1) is 11.3 Å². The normalized spacial score (nSPS) is 18.6. The fourth-order valence-electron chi connectivity index (χ4n) is 1.83. The number of nitrogens with zero attached hydrogens (tertiary/aromatic N) is 3. The van der Waals surface area contributed by atoms with Crippen molar-refractivity contribution in [3.63, 3.8) is 0 Å². The minimum Gasteiger partial charge on any atom is -0.345 e. The highest BCUT2D eigenvalue weighted by Gasteiger charge is 2.26. The molecule has 0 bridgehead atoms. The van der Waals surface area contributed by atoms with Crippen molar-refractivity contribution >= 4 is 26.5 Å². The highest BCUT2D eigenvalue weighted by molar-refractivity contribution is 7.89. The third kappa shape index (κ3) is 2.78. The van der Waals surface area contributed by atoms with E-state index >= 15 is 0 Å². The summed E-state index contributed by atoms with van der Waals surface area (Å²) in [6.07, 6.45) is 0. The second kappa shape index (κ2) is 4.91. The van der Waals surface area contributed by atoms with Gasteiger partial charge < -0.3 is 4.90 Å². The average molecular weight is 275 g/mol. The Kier molecular flexibility index (Phi) is 3.70. The van der Waals surface area contributed by atoms with Gasteiger partial charge in [0, 0.05) is 31.6 Å². The molecule has 0 amide bonds. The summed E-state index contributed by atoms with van der Waals surface area (Å²) in [6, 6.07) is 0. The molecule has 0 radical (unpaired) electrons. The molecule has 5 nitrogen and oxygen atoms in total. The molecule has 1 aromatic rings. The van der Waals surface area contributed by atoms with Crippen LogP contribution in [-0.2, 0) is 10.0 Å². The van der Waals surface area contributed by atoms with Crippen molar-refractivity contribution in [1.29, 1.82) is 0 Å². The first-order valence-corrected chi connectivity index (χ1v) is 8.16. The van der Waals surface area contributed by atoms with Crippen LogP contribution in [0.3, 0.4) is 0 Å². The number of aryl methyl sites for hydroxylation is 1. The van der Waals surface area contributed by atoms with E-state index in [1.54, 1.807) is 22.6 Å². The maximum atomic E-state index is 11.7. The Bertz CT molecular complexity index is 475. The Labute approximate surface area is 106 Å². The van der Waals surface area contributed by atoms with E-state index in [4.69, 9.17) is 0 Å². The van der Waals surface area contributed by atoms with E-state index in [0.29, 0.717) is 13.1 Å². The topological polar surface area (TPSA) is 53.5 Å². The Morgan fingerprint density at radius 2 is 2.00 bits per heavy atom. The molecule has 17 heavy (non-hydrogen) atoms. The molecule has 0 aromatic carbocycles. The summed E-state index contributed by atoms with van der Waals surface area (Å²) < 4.78 is 25.0. The van der Waals surface area contributed by atoms with Crippen molar-refractivity contribution in [1.82, 2.24) is 9.29 Å². The first-order chi connectivity index (χ1) is 8.03. The largest absolute Gasteiger partial charge is 0.345 e. The minimum absolute atomic E-state index is 0.184. The van der Waals surface area contributed by atoms with Gasteiger partial charge in [-0.3, -0.25) is 0 Å². The van der Waals surface area contributed by atoms with E-state index in [0.717, 1.165) is 23.9 Å². The summed E-state index contributed by atoms with van der Waals surface area (Å²) in [5.41, 5.74) is 1.02. The highest BCUT2D eigenvalue weighted by atomic mass is 32.2. The van der Waals surface area contributed by atoms with Crippen LogP contribution in [-0.4, -0.2) is 49.6 Å². The number of anilines is 1. The molecule has 1 aromatic heterocycles. The van der Waals surface area contributed by atoms with Crippen LogP contribution in [0, 0.1) is 6.92 Å². The summed E-state index contributed by atoms with van der Waals surface area (Å²) in [7, 11) is -3.03. The van der Waals surface area contributed by atoms with Gasteiger partial charge in [0.05, 0.1) is 11.4 Å². The molecule has 0 N–H and O–H groups in total. The van der Waals surface area contributed by atoms with Gasteiger partial charge in [0.2, 0.25) is 10.0 Å². The quantitative estimate of drug-likeness (QED) is 0.823. The van der Waals surface area contributed by atoms with Crippen LogP contribution in [0.2, 0.25) is 0 Å². The fraction of sp³-hybridized carbons (Fsp3) is 0.700. The molecule has 1 saturated heterocycles. The van der Waals surface area contributed by atoms with E-state index < -0.39 is 10.0 Å². The van der Waals surface area contributed by atoms with Crippen molar-refractivity contribution in [2.45, 2.75) is 13.8 Å². The number of aromatic nitrogens is 1. The van der Waals surface area contributed by atoms with E-state index in [2.05, 4.69) is 9.88 Å². The van der Waals surface area contributed by atoms with Gasteiger partial charge in [-0.2, -0.15) is 4.31 Å². The highest BCUT2D eigenvalue weighted by Crippen LogP contribution is 2.21. The molecule has 0 spiro atoms. The lowest BCUT2D eigenvalue weighted by Crippen LogP contribution is -2.49. The maximum absolute atomic E-state index is 11.7. The number of rotatable bonds is 3. The predicted octanol–water partition coefficient (Wildman–Crippen LogP) is 0.923. The summed E-state index contributed by atoms with van der Waals surface area (Å²) >= 11 is 1.62. The molecule has 96 valence electrons. The summed E-state index contributed by atoms with van der Waals surface area (Å²) in [5, 5.41) is 3.01. The smallest absolute Gasteiger partial charge is 0.213 e. The van der Waals surface area contributed by atoms with Crippen LogP contribution < -0.4 is 4.90 Å². The standard InChI is InChI=1S/C10H17N3O2S2/c1-3-17(14,15)13-6-4-12(5-7-13)10-11-9(2)8-16-10/h8H,3-7H2,1-2H3. The SMILES string of the molecule is CCS(=O)(=O)N1CCN(c2nc(C)cs2)CC1. The zero-order valence-corrected chi connectivity index (χ0v) is 11.7. The molecule has 1 aliphatic heterocycles. The lowest BCUT2D eigenvalue weighted by molar-refractivity contribution is 0.385. The second-order valence-corrected chi connectivity index (χ2v) is 7.15. The molecule has 0 atom stereocenters. The number of thiazole rings is 1. The Balaban J connectivity index is 1.99. The van der Waals surface area contributed by atoms with Gasteiger partial charge >= 0.3 is 0 Å². The third-order valence-corrected chi connectivity index (χ3v) is 5.78. The summed E-state index contributed by atoms with van der Waals surface area (Å²) in [4.78, 5) is 6.57. The minimum atomic E-state index is -3.03. The van der Waals surface area contributed by atoms with E-state index in [1.165, 1.54) is 0 Å². The first-order valence-electron chi connectivity index (χ1n) is 5.68. The van der Waals surface area contributed by atoms with Gasteiger partial charge in [0.25, 0.3) is 0 Å². The van der Waals surface area contributed by atoms with Crippen molar-refractivity contribution in [2.24, 2.45) is 0 Å². The van der Waals surface area contributed by atoms with Gasteiger partial charge in [-0.25, -0.2) is 13.4 Å². The Morgan fingerprint density at radius 3 is 2.47 bits per heavy atom. The van der Waals surface area contributed by atoms with Crippen molar-refractivity contribution in [3.8, 4) is 0 Å². The molecule has 1 aliphatic rings. The van der Waals surface area contributed by atoms with Gasteiger partial charge in [-0.1, -0.05) is 0 Å². The van der Waals surface area contributed by atoms with Crippen LogP contribution in [0.15, 0.2) is 5.38 Å². The monoisotopic (exact) mass is 275 g/mol. The molecule has 0 aliphatic carbocycles. The zero-order valence-electron chi connectivity index (χ0n) is 10.1. The van der Waals surface area contributed by atoms with E-state index in [9.17, 15) is 8.42 Å². The molecule has 2 rings (SSSR count). The van der Waals surface area contributed by atoms with Crippen molar-refractivity contribution < 1.29 is 8.42 Å². The van der Waals surface area contributed by atoms with Crippen LogP contribution in [0.4, 0.5) is 5.13 Å². The van der Waals surface area contributed by atoms with Crippen molar-refractivity contribution in [3.05, 3.63) is 11.1 Å². The van der Waals surface area contributed by atoms with E-state index in [-0.39, 0.29) is 5.75 Å². The van der Waals surface area contributed by atoms with Crippen LogP contribution in [0.25, 0.3) is 0 Å². The molecule has 2 heterocycles. The van der Waals surface area contributed by atoms with Crippen LogP contribution in [0.5, 0.6) is 0 Å². The molecule has 0 unspecified atom stereocenters. The summed E-state index contributed by atoms with van der Waals surface area (Å²) in [6.45, 7) is 6.24. The lowest BCUT2D eigenvalue weighted by atomic mass is 10.4. The fourth-order valence-corrected chi connectivity index (χ4v) is 3.77. The van der Waals surface area contributed by atoms with E-state index in [1.807, 2.05) is 12.3 Å². The predicted molar refractivity (Wildman–Crippen MR) is 70.1 cm³/mol. The second-order valence-electron chi connectivity index (χ2n) is 4.06. The average Bonchev–Trinajstić information content (AvgIpc) is 2.76. The molecular formula is C10H17N3O2S2. The number of sulfonamides is 1. The van der Waals surface area contributed by atoms with Crippen molar-refractivity contribution in [2.75, 3.05) is 36.8 Å². The number of piperazine rings is 1. The maximum Gasteiger partial charge on any atom is 0.213 e. The third-order valence-electron chi connectivity index (χ3n) is 2.87. The van der Waals surface area contributed by atoms with Crippen LogP contribution in [0.1, 0.15) is 12.6 Å². The molecule has 0 saturated carbocycles. The van der Waals surface area contributed by atoms with Crippen LogP contribution >= 0.6 is 11.3 Å². The van der Waals surface area contributed by atoms with Gasteiger partial charge in [0.1, 0.15) is 0 Å². The van der Waals surface area contributed by atoms with Gasteiger partial charge in [0.15, 0.2) is 5.13 Å². The first kappa shape index (κ1) is 12.8. The molecule has 1 fully saturated rings. The Morgan fingerprint density at radius 1 is 1.35 bits per heavy atom. The molecular weight excluding hydrogens is 258 g/mol.